The van der Waals surface area contributed by atoms with Crippen LogP contribution in [-0.4, -0.2) is 17.6 Å². The Balaban J connectivity index is 1.78. The van der Waals surface area contributed by atoms with Crippen LogP contribution in [0.3, 0.4) is 0 Å². The van der Waals surface area contributed by atoms with E-state index in [1.54, 1.807) is 0 Å². The second-order valence-corrected chi connectivity index (χ2v) is 7.94. The van der Waals surface area contributed by atoms with Gasteiger partial charge in [-0.3, -0.25) is 4.79 Å². The summed E-state index contributed by atoms with van der Waals surface area (Å²) < 4.78 is 7.21. The zero-order valence-electron chi connectivity index (χ0n) is 16.9. The molecule has 1 aromatic heterocycles. The Kier molecular flexibility index (Phi) is 5.23. The highest BCUT2D eigenvalue weighted by Crippen LogP contribution is 2.36. The number of aromatic nitrogens is 1. The Labute approximate surface area is 166 Å². The van der Waals surface area contributed by atoms with Crippen LogP contribution in [0.15, 0.2) is 48.5 Å². The van der Waals surface area contributed by atoms with Crippen molar-refractivity contribution in [2.75, 3.05) is 7.11 Å². The summed E-state index contributed by atoms with van der Waals surface area (Å²) in [5, 5.41) is 3.76. The zero-order chi connectivity index (χ0) is 19.7. The van der Waals surface area contributed by atoms with E-state index in [-0.39, 0.29) is 12.5 Å². The number of ether oxygens (including phenoxy) is 1. The van der Waals surface area contributed by atoms with Gasteiger partial charge in [0.25, 0.3) is 0 Å². The van der Waals surface area contributed by atoms with Crippen LogP contribution in [0.1, 0.15) is 54.2 Å². The van der Waals surface area contributed by atoms with E-state index in [2.05, 4.69) is 72.3 Å². The highest BCUT2D eigenvalue weighted by atomic mass is 16.5. The number of quaternary nitrogens is 1. The Morgan fingerprint density at radius 3 is 2.79 bits per heavy atom. The molecule has 0 amide bonds. The average Bonchev–Trinajstić information content (AvgIpc) is 3.02. The van der Waals surface area contributed by atoms with Gasteiger partial charge in [-0.05, 0) is 44.4 Å². The predicted octanol–water partition coefficient (Wildman–Crippen LogP) is 3.82. The maximum Gasteiger partial charge on any atom is 0.325 e. The molecule has 4 heteroatoms. The van der Waals surface area contributed by atoms with E-state index in [0.717, 1.165) is 18.4 Å². The first kappa shape index (κ1) is 18.8. The van der Waals surface area contributed by atoms with Crippen LogP contribution in [0, 0.1) is 6.92 Å². The number of nitrogens with two attached hydrogens (primary N) is 1. The molecule has 0 spiro atoms. The summed E-state index contributed by atoms with van der Waals surface area (Å²) in [6, 6.07) is 17.9. The minimum Gasteiger partial charge on any atom is -0.468 e. The lowest BCUT2D eigenvalue weighted by atomic mass is 9.90. The van der Waals surface area contributed by atoms with Crippen LogP contribution in [0.4, 0.5) is 0 Å². The largest absolute Gasteiger partial charge is 0.468 e. The van der Waals surface area contributed by atoms with Gasteiger partial charge < -0.3 is 14.6 Å². The molecule has 3 aromatic rings. The minimum atomic E-state index is -0.194. The molecule has 0 unspecified atom stereocenters. The molecule has 1 aliphatic carbocycles. The first-order chi connectivity index (χ1) is 13.6. The Morgan fingerprint density at radius 2 is 2.04 bits per heavy atom. The van der Waals surface area contributed by atoms with Gasteiger partial charge >= 0.3 is 5.97 Å². The van der Waals surface area contributed by atoms with Crippen molar-refractivity contribution in [3.63, 3.8) is 0 Å². The van der Waals surface area contributed by atoms with Crippen LogP contribution in [0.2, 0.25) is 0 Å². The third-order valence-electron chi connectivity index (χ3n) is 6.02. The van der Waals surface area contributed by atoms with Crippen LogP contribution in [0.5, 0.6) is 0 Å². The summed E-state index contributed by atoms with van der Waals surface area (Å²) in [6.07, 6.45) is 3.38. The molecule has 0 fully saturated rings. The van der Waals surface area contributed by atoms with E-state index in [0.29, 0.717) is 12.1 Å². The molecule has 28 heavy (non-hydrogen) atoms. The van der Waals surface area contributed by atoms with Crippen molar-refractivity contribution in [1.29, 1.82) is 0 Å². The lowest BCUT2D eigenvalue weighted by molar-refractivity contribution is -0.733. The predicted molar refractivity (Wildman–Crippen MR) is 111 cm³/mol. The normalized spacial score (nSPS) is 17.3. The standard InChI is InChI=1S/C24H28N2O2/c1-16-12-13-22-20(14-16)19-10-7-11-21(24(19)26(22)15-23(27)28-3)25-17(2)18-8-5-4-6-9-18/h4-6,8-9,12-14,17,21,25H,7,10-11,15H2,1-3H3/p+1/t17-,21-/m0/s1. The molecular weight excluding hydrogens is 348 g/mol. The van der Waals surface area contributed by atoms with Gasteiger partial charge in [0.2, 0.25) is 0 Å². The highest BCUT2D eigenvalue weighted by molar-refractivity contribution is 5.88. The first-order valence-electron chi connectivity index (χ1n) is 10.2. The highest BCUT2D eigenvalue weighted by Gasteiger charge is 2.32. The minimum absolute atomic E-state index is 0.194. The quantitative estimate of drug-likeness (QED) is 0.687. The van der Waals surface area contributed by atoms with E-state index < -0.39 is 0 Å². The van der Waals surface area contributed by atoms with E-state index >= 15 is 0 Å². The number of hydrogen-bond acceptors (Lipinski definition) is 2. The maximum atomic E-state index is 12.2. The fourth-order valence-electron chi connectivity index (χ4n) is 4.65. The molecule has 2 atom stereocenters. The fourth-order valence-corrected chi connectivity index (χ4v) is 4.65. The van der Waals surface area contributed by atoms with E-state index in [1.165, 1.54) is 41.3 Å². The number of carbonyl (C=O) groups is 1. The Morgan fingerprint density at radius 1 is 1.25 bits per heavy atom. The van der Waals surface area contributed by atoms with Crippen LogP contribution >= 0.6 is 0 Å². The number of aryl methyl sites for hydroxylation is 2. The molecule has 4 nitrogen and oxygen atoms in total. The van der Waals surface area contributed by atoms with Crippen molar-refractivity contribution in [1.82, 2.24) is 4.57 Å². The number of benzene rings is 2. The molecule has 0 saturated heterocycles. The Hall–Kier alpha value is -2.59. The van der Waals surface area contributed by atoms with Crippen LogP contribution < -0.4 is 5.32 Å². The van der Waals surface area contributed by atoms with Crippen molar-refractivity contribution in [3.8, 4) is 0 Å². The SMILES string of the molecule is COC(=O)Cn1c2c(c3cc(C)ccc31)CCC[C@@H]2[NH2+][C@@H](C)c1ccccc1. The summed E-state index contributed by atoms with van der Waals surface area (Å²) in [4.78, 5) is 12.2. The summed E-state index contributed by atoms with van der Waals surface area (Å²) in [7, 11) is 1.46. The van der Waals surface area contributed by atoms with Gasteiger partial charge in [0.15, 0.2) is 0 Å². The summed E-state index contributed by atoms with van der Waals surface area (Å²) >= 11 is 0. The van der Waals surface area contributed by atoms with Gasteiger partial charge in [0.1, 0.15) is 18.6 Å². The van der Waals surface area contributed by atoms with Crippen molar-refractivity contribution in [3.05, 3.63) is 70.9 Å². The van der Waals surface area contributed by atoms with Crippen LogP contribution in [-0.2, 0) is 22.5 Å². The maximum absolute atomic E-state index is 12.2. The molecular formula is C24H29N2O2+. The van der Waals surface area contributed by atoms with Gasteiger partial charge in [-0.25, -0.2) is 0 Å². The average molecular weight is 378 g/mol. The number of esters is 1. The molecule has 0 saturated carbocycles. The van der Waals surface area contributed by atoms with Crippen molar-refractivity contribution < 1.29 is 14.8 Å². The van der Waals surface area contributed by atoms with Crippen molar-refractivity contribution in [2.45, 2.75) is 51.7 Å². The molecule has 2 aromatic carbocycles. The third-order valence-corrected chi connectivity index (χ3v) is 6.02. The van der Waals surface area contributed by atoms with Gasteiger partial charge in [0, 0.05) is 22.9 Å². The topological polar surface area (TPSA) is 47.8 Å². The molecule has 0 radical (unpaired) electrons. The number of hydrogen-bond donors (Lipinski definition) is 1. The first-order valence-corrected chi connectivity index (χ1v) is 10.2. The molecule has 146 valence electrons. The molecule has 2 N–H and O–H groups in total. The fraction of sp³-hybridized carbons (Fsp3) is 0.375. The lowest BCUT2D eigenvalue weighted by Crippen LogP contribution is -2.86. The summed E-state index contributed by atoms with van der Waals surface area (Å²) in [5.41, 5.74) is 6.46. The zero-order valence-corrected chi connectivity index (χ0v) is 16.9. The molecule has 1 heterocycles. The van der Waals surface area contributed by atoms with E-state index in [4.69, 9.17) is 4.74 Å². The van der Waals surface area contributed by atoms with Gasteiger partial charge in [0.05, 0.1) is 12.8 Å². The van der Waals surface area contributed by atoms with Crippen molar-refractivity contribution in [2.24, 2.45) is 0 Å². The molecule has 1 aliphatic rings. The number of methoxy groups -OCH3 is 1. The molecule has 4 rings (SSSR count). The monoisotopic (exact) mass is 377 g/mol. The van der Waals surface area contributed by atoms with E-state index in [9.17, 15) is 4.79 Å². The number of fused-ring (bicyclic) bond motifs is 3. The van der Waals surface area contributed by atoms with Gasteiger partial charge in [-0.1, -0.05) is 42.0 Å². The molecule has 0 bridgehead atoms. The third kappa shape index (κ3) is 3.45. The summed E-state index contributed by atoms with van der Waals surface area (Å²) in [5.74, 6) is -0.194. The smallest absolute Gasteiger partial charge is 0.325 e. The number of rotatable bonds is 5. The second kappa shape index (κ2) is 7.80. The Bertz CT molecular complexity index is 991. The number of carbonyl (C=O) groups excluding carboxylic acids is 1. The molecule has 0 aliphatic heterocycles. The van der Waals surface area contributed by atoms with Gasteiger partial charge in [-0.15, -0.1) is 0 Å². The van der Waals surface area contributed by atoms with Crippen molar-refractivity contribution >= 4 is 16.9 Å². The van der Waals surface area contributed by atoms with Crippen LogP contribution in [0.25, 0.3) is 10.9 Å². The second-order valence-electron chi connectivity index (χ2n) is 7.94. The lowest BCUT2D eigenvalue weighted by Gasteiger charge is -2.26. The summed E-state index contributed by atoms with van der Waals surface area (Å²) in [6.45, 7) is 4.67. The number of nitrogens with zero attached hydrogens (tertiary/aromatic N) is 1. The van der Waals surface area contributed by atoms with Gasteiger partial charge in [-0.2, -0.15) is 0 Å². The van der Waals surface area contributed by atoms with E-state index in [1.807, 2.05) is 0 Å².